The zero-order chi connectivity index (χ0) is 12.8. The lowest BCUT2D eigenvalue weighted by atomic mass is 9.85. The van der Waals surface area contributed by atoms with Crippen LogP contribution in [-0.4, -0.2) is 17.5 Å². The Morgan fingerprint density at radius 2 is 1.88 bits per heavy atom. The smallest absolute Gasteiger partial charge is 0.333 e. The highest BCUT2D eigenvalue weighted by Crippen LogP contribution is 2.35. The van der Waals surface area contributed by atoms with Gasteiger partial charge in [-0.1, -0.05) is 27.4 Å². The van der Waals surface area contributed by atoms with Crippen LogP contribution in [-0.2, 0) is 9.53 Å². The van der Waals surface area contributed by atoms with Gasteiger partial charge >= 0.3 is 5.97 Å². The molecule has 0 aliphatic heterocycles. The number of carbonyl (C=O) groups is 1. The van der Waals surface area contributed by atoms with Gasteiger partial charge in [0.15, 0.2) is 0 Å². The second kappa shape index (κ2) is 6.95. The highest BCUT2D eigenvalue weighted by Gasteiger charge is 2.33. The monoisotopic (exact) mass is 246 g/mol. The third-order valence-corrected chi connectivity index (χ3v) is 4.01. The van der Waals surface area contributed by atoms with Crippen molar-refractivity contribution in [3.63, 3.8) is 0 Å². The van der Waals surface area contributed by atoms with Crippen molar-refractivity contribution in [3.05, 3.63) is 12.2 Å². The van der Waals surface area contributed by atoms with E-state index < -0.39 is 0 Å². The molecule has 0 saturated carbocycles. The van der Waals surface area contributed by atoms with E-state index in [4.69, 9.17) is 16.3 Å². The molecule has 0 aromatic carbocycles. The fraction of sp³-hybridized carbons (Fsp3) is 0.769. The van der Waals surface area contributed by atoms with Gasteiger partial charge in [0.05, 0.1) is 11.5 Å². The first-order chi connectivity index (χ1) is 7.41. The Morgan fingerprint density at radius 1 is 1.38 bits per heavy atom. The molecule has 0 saturated heterocycles. The molecule has 1 atom stereocenters. The quantitative estimate of drug-likeness (QED) is 0.387. The highest BCUT2D eigenvalue weighted by atomic mass is 35.5. The van der Waals surface area contributed by atoms with Crippen LogP contribution in [0.25, 0.3) is 0 Å². The second-order valence-corrected chi connectivity index (χ2v) is 4.98. The molecule has 0 fully saturated rings. The van der Waals surface area contributed by atoms with Crippen molar-refractivity contribution in [1.29, 1.82) is 0 Å². The summed E-state index contributed by atoms with van der Waals surface area (Å²) in [7, 11) is 0. The Bertz CT molecular complexity index is 244. The lowest BCUT2D eigenvalue weighted by Gasteiger charge is -2.32. The summed E-state index contributed by atoms with van der Waals surface area (Å²) >= 11 is 6.52. The Morgan fingerprint density at radius 3 is 2.19 bits per heavy atom. The average Bonchev–Trinajstić information content (AvgIpc) is 2.28. The zero-order valence-corrected chi connectivity index (χ0v) is 11.6. The third-order valence-electron chi connectivity index (χ3n) is 3.16. The van der Waals surface area contributed by atoms with Gasteiger partial charge in [0, 0.05) is 11.5 Å². The summed E-state index contributed by atoms with van der Waals surface area (Å²) < 4.78 is 5.18. The SMILES string of the molecule is C=C(C)C(=O)OCC(CC)C(Cl)(CC)CC. The van der Waals surface area contributed by atoms with E-state index in [1.54, 1.807) is 6.92 Å². The molecular formula is C13H23ClO2. The molecule has 0 bridgehead atoms. The summed E-state index contributed by atoms with van der Waals surface area (Å²) in [6.07, 6.45) is 2.68. The van der Waals surface area contributed by atoms with Crippen LogP contribution in [0.2, 0.25) is 0 Å². The van der Waals surface area contributed by atoms with Gasteiger partial charge in [0.25, 0.3) is 0 Å². The molecule has 0 radical (unpaired) electrons. The number of esters is 1. The Kier molecular flexibility index (Phi) is 6.73. The minimum absolute atomic E-state index is 0.201. The van der Waals surface area contributed by atoms with Crippen molar-refractivity contribution >= 4 is 17.6 Å². The van der Waals surface area contributed by atoms with E-state index in [2.05, 4.69) is 27.4 Å². The molecule has 0 rings (SSSR count). The van der Waals surface area contributed by atoms with E-state index >= 15 is 0 Å². The van der Waals surface area contributed by atoms with Crippen LogP contribution in [0.3, 0.4) is 0 Å². The van der Waals surface area contributed by atoms with Gasteiger partial charge in [-0.2, -0.15) is 0 Å². The number of carbonyl (C=O) groups excluding carboxylic acids is 1. The molecule has 0 amide bonds. The van der Waals surface area contributed by atoms with Gasteiger partial charge in [-0.3, -0.25) is 0 Å². The van der Waals surface area contributed by atoms with Crippen molar-refractivity contribution < 1.29 is 9.53 Å². The van der Waals surface area contributed by atoms with Crippen molar-refractivity contribution in [2.45, 2.75) is 51.8 Å². The first-order valence-electron chi connectivity index (χ1n) is 5.92. The van der Waals surface area contributed by atoms with E-state index in [0.717, 1.165) is 19.3 Å². The molecule has 94 valence electrons. The predicted molar refractivity (Wildman–Crippen MR) is 68.7 cm³/mol. The van der Waals surface area contributed by atoms with E-state index in [1.165, 1.54) is 0 Å². The molecule has 0 N–H and O–H groups in total. The normalized spacial score (nSPS) is 13.3. The molecule has 0 aromatic heterocycles. The van der Waals surface area contributed by atoms with E-state index in [1.807, 2.05) is 0 Å². The Hall–Kier alpha value is -0.500. The first-order valence-corrected chi connectivity index (χ1v) is 6.30. The number of halogens is 1. The summed E-state index contributed by atoms with van der Waals surface area (Å²) in [5, 5.41) is 0. The topological polar surface area (TPSA) is 26.3 Å². The molecule has 0 heterocycles. The zero-order valence-electron chi connectivity index (χ0n) is 10.8. The molecule has 3 heteroatoms. The van der Waals surface area contributed by atoms with Crippen LogP contribution >= 0.6 is 11.6 Å². The van der Waals surface area contributed by atoms with Gasteiger partial charge in [-0.05, 0) is 26.2 Å². The van der Waals surface area contributed by atoms with Crippen molar-refractivity contribution in [3.8, 4) is 0 Å². The summed E-state index contributed by atoms with van der Waals surface area (Å²) in [6.45, 7) is 11.8. The van der Waals surface area contributed by atoms with Crippen LogP contribution < -0.4 is 0 Å². The van der Waals surface area contributed by atoms with Crippen LogP contribution in [0.1, 0.15) is 47.0 Å². The third kappa shape index (κ3) is 4.17. The Labute approximate surface area is 104 Å². The first kappa shape index (κ1) is 15.5. The number of hydrogen-bond acceptors (Lipinski definition) is 2. The second-order valence-electron chi connectivity index (χ2n) is 4.23. The average molecular weight is 247 g/mol. The van der Waals surface area contributed by atoms with Gasteiger partial charge in [0.2, 0.25) is 0 Å². The minimum atomic E-state index is -0.329. The molecule has 0 aromatic rings. The molecule has 16 heavy (non-hydrogen) atoms. The van der Waals surface area contributed by atoms with Crippen molar-refractivity contribution in [2.75, 3.05) is 6.61 Å². The standard InChI is InChI=1S/C13H23ClO2/c1-6-11(13(14,7-2)8-3)9-16-12(15)10(4)5/h11H,4,6-9H2,1-3,5H3. The highest BCUT2D eigenvalue weighted by molar-refractivity contribution is 6.24. The molecule has 0 aliphatic carbocycles. The maximum atomic E-state index is 11.3. The molecule has 2 nitrogen and oxygen atoms in total. The predicted octanol–water partition coefficient (Wildman–Crippen LogP) is 3.93. The van der Waals surface area contributed by atoms with E-state index in [9.17, 15) is 4.79 Å². The number of alkyl halides is 1. The molecule has 0 aliphatic rings. The van der Waals surface area contributed by atoms with Gasteiger partial charge in [-0.25, -0.2) is 4.79 Å². The van der Waals surface area contributed by atoms with Crippen LogP contribution in [0.15, 0.2) is 12.2 Å². The van der Waals surface area contributed by atoms with E-state index in [-0.39, 0.29) is 16.8 Å². The molecular weight excluding hydrogens is 224 g/mol. The maximum absolute atomic E-state index is 11.3. The lowest BCUT2D eigenvalue weighted by molar-refractivity contribution is -0.140. The summed E-state index contributed by atoms with van der Waals surface area (Å²) in [4.78, 5) is 11.0. The van der Waals surface area contributed by atoms with Crippen LogP contribution in [0, 0.1) is 5.92 Å². The minimum Gasteiger partial charge on any atom is -0.462 e. The lowest BCUT2D eigenvalue weighted by Crippen LogP contribution is -2.34. The molecule has 0 spiro atoms. The summed E-state index contributed by atoms with van der Waals surface area (Å²) in [5.74, 6) is -0.128. The Balaban J connectivity index is 4.41. The fourth-order valence-electron chi connectivity index (χ4n) is 1.76. The van der Waals surface area contributed by atoms with Crippen molar-refractivity contribution in [2.24, 2.45) is 5.92 Å². The summed E-state index contributed by atoms with van der Waals surface area (Å²) in [6, 6.07) is 0. The fourth-order valence-corrected chi connectivity index (χ4v) is 1.98. The van der Waals surface area contributed by atoms with Gasteiger partial charge < -0.3 is 4.74 Å². The van der Waals surface area contributed by atoms with Gasteiger partial charge in [-0.15, -0.1) is 11.6 Å². The van der Waals surface area contributed by atoms with E-state index in [0.29, 0.717) is 12.2 Å². The largest absolute Gasteiger partial charge is 0.462 e. The van der Waals surface area contributed by atoms with Gasteiger partial charge in [0.1, 0.15) is 0 Å². The maximum Gasteiger partial charge on any atom is 0.333 e. The van der Waals surface area contributed by atoms with Crippen LogP contribution in [0.5, 0.6) is 0 Å². The van der Waals surface area contributed by atoms with Crippen LogP contribution in [0.4, 0.5) is 0 Å². The number of rotatable bonds is 7. The van der Waals surface area contributed by atoms with Crippen molar-refractivity contribution in [1.82, 2.24) is 0 Å². The number of hydrogen-bond donors (Lipinski definition) is 0. The molecule has 1 unspecified atom stereocenters. The number of ether oxygens (including phenoxy) is 1. The summed E-state index contributed by atoms with van der Waals surface area (Å²) in [5.41, 5.74) is 0.433.